The number of pyridine rings is 1. The molecule has 1 N–H and O–H groups in total. The second-order valence-corrected chi connectivity index (χ2v) is 5.72. The van der Waals surface area contributed by atoms with Crippen LogP contribution in [0.3, 0.4) is 0 Å². The Morgan fingerprint density at radius 1 is 1.24 bits per heavy atom. The maximum absolute atomic E-state index is 12.2. The van der Waals surface area contributed by atoms with Crippen molar-refractivity contribution < 1.29 is 4.79 Å². The van der Waals surface area contributed by atoms with Crippen LogP contribution >= 0.6 is 0 Å². The molecule has 0 spiro atoms. The van der Waals surface area contributed by atoms with E-state index in [0.29, 0.717) is 5.95 Å². The first-order valence-electron chi connectivity index (χ1n) is 6.61. The molecule has 3 rings (SSSR count). The number of nitrogens with one attached hydrogen (secondary N) is 1. The van der Waals surface area contributed by atoms with Gasteiger partial charge in [0.2, 0.25) is 11.8 Å². The number of fused-ring (bicyclic) bond motifs is 1. The second-order valence-electron chi connectivity index (χ2n) is 5.72. The van der Waals surface area contributed by atoms with Crippen molar-refractivity contribution in [2.24, 2.45) is 0 Å². The minimum Gasteiger partial charge on any atom is -0.289 e. The van der Waals surface area contributed by atoms with Gasteiger partial charge < -0.3 is 0 Å². The van der Waals surface area contributed by atoms with Gasteiger partial charge in [0, 0.05) is 6.20 Å². The van der Waals surface area contributed by atoms with Crippen LogP contribution in [-0.4, -0.2) is 30.1 Å². The largest absolute Gasteiger partial charge is 0.297 e. The molecule has 0 atom stereocenters. The summed E-state index contributed by atoms with van der Waals surface area (Å²) < 4.78 is 3.45. The molecule has 0 aliphatic carbocycles. The molecule has 3 aromatic rings. The summed E-state index contributed by atoms with van der Waals surface area (Å²) in [5.41, 5.74) is 0.687. The van der Waals surface area contributed by atoms with Crippen LogP contribution in [0, 0.1) is 0 Å². The summed E-state index contributed by atoms with van der Waals surface area (Å²) in [5.74, 6) is 0.190. The van der Waals surface area contributed by atoms with Gasteiger partial charge in [-0.1, -0.05) is 6.07 Å². The minimum atomic E-state index is -0.380. The lowest BCUT2D eigenvalue weighted by molar-refractivity contribution is 0.101. The van der Waals surface area contributed by atoms with Crippen LogP contribution in [0.25, 0.3) is 5.52 Å². The zero-order valence-corrected chi connectivity index (χ0v) is 12.1. The highest BCUT2D eigenvalue weighted by Crippen LogP contribution is 2.13. The van der Waals surface area contributed by atoms with E-state index in [1.807, 2.05) is 45.2 Å². The fourth-order valence-corrected chi connectivity index (χ4v) is 1.88. The minimum absolute atomic E-state index is 0.123. The summed E-state index contributed by atoms with van der Waals surface area (Å²) in [6.07, 6.45) is 5.08. The van der Waals surface area contributed by atoms with E-state index in [1.165, 1.54) is 0 Å². The maximum Gasteiger partial charge on any atom is 0.297 e. The van der Waals surface area contributed by atoms with E-state index in [9.17, 15) is 4.79 Å². The Balaban J connectivity index is 1.85. The summed E-state index contributed by atoms with van der Waals surface area (Å²) in [7, 11) is 0. The number of rotatable bonds is 2. The third-order valence-corrected chi connectivity index (χ3v) is 3.05. The van der Waals surface area contributed by atoms with Gasteiger partial charge in [0.15, 0.2) is 0 Å². The number of anilines is 1. The first-order valence-corrected chi connectivity index (χ1v) is 6.61. The molecule has 21 heavy (non-hydrogen) atoms. The van der Waals surface area contributed by atoms with E-state index in [0.717, 1.165) is 5.52 Å². The van der Waals surface area contributed by atoms with Crippen molar-refractivity contribution >= 4 is 17.4 Å². The molecule has 0 saturated carbocycles. The van der Waals surface area contributed by atoms with E-state index in [2.05, 4.69) is 20.4 Å². The van der Waals surface area contributed by atoms with E-state index in [-0.39, 0.29) is 17.3 Å². The number of amides is 1. The summed E-state index contributed by atoms with van der Waals surface area (Å²) >= 11 is 0. The fraction of sp³-hybridized carbons (Fsp3) is 0.286. The topological polar surface area (TPSA) is 77.1 Å². The van der Waals surface area contributed by atoms with Gasteiger partial charge in [0.05, 0.1) is 17.3 Å². The van der Waals surface area contributed by atoms with Crippen LogP contribution in [0.2, 0.25) is 0 Å². The molecule has 0 fully saturated rings. The molecule has 7 heteroatoms. The molecule has 0 unspecified atom stereocenters. The molecule has 0 aliphatic heterocycles. The van der Waals surface area contributed by atoms with Gasteiger partial charge >= 0.3 is 0 Å². The fourth-order valence-electron chi connectivity index (χ4n) is 1.88. The number of imidazole rings is 1. The van der Waals surface area contributed by atoms with Crippen LogP contribution in [0.15, 0.2) is 36.9 Å². The molecule has 108 valence electrons. The Morgan fingerprint density at radius 3 is 2.76 bits per heavy atom. The predicted molar refractivity (Wildman–Crippen MR) is 78.2 cm³/mol. The van der Waals surface area contributed by atoms with Gasteiger partial charge in [-0.25, -0.2) is 14.6 Å². The highest BCUT2D eigenvalue weighted by molar-refractivity contribution is 6.00. The Labute approximate surface area is 121 Å². The zero-order chi connectivity index (χ0) is 15.0. The molecule has 0 radical (unpaired) electrons. The average molecular weight is 284 g/mol. The van der Waals surface area contributed by atoms with Gasteiger partial charge in [0.1, 0.15) is 6.33 Å². The van der Waals surface area contributed by atoms with Crippen molar-refractivity contribution in [3.05, 3.63) is 42.7 Å². The molecule has 3 heterocycles. The van der Waals surface area contributed by atoms with Crippen molar-refractivity contribution in [3.8, 4) is 0 Å². The van der Waals surface area contributed by atoms with Crippen molar-refractivity contribution in [1.82, 2.24) is 24.1 Å². The van der Waals surface area contributed by atoms with Gasteiger partial charge in [0.25, 0.3) is 5.91 Å². The summed E-state index contributed by atoms with van der Waals surface area (Å²) in [4.78, 5) is 20.4. The molecular weight excluding hydrogens is 268 g/mol. The van der Waals surface area contributed by atoms with Gasteiger partial charge in [-0.3, -0.25) is 14.5 Å². The lowest BCUT2D eigenvalue weighted by atomic mass is 10.1. The van der Waals surface area contributed by atoms with Crippen molar-refractivity contribution in [2.75, 3.05) is 5.32 Å². The van der Waals surface area contributed by atoms with Crippen molar-refractivity contribution in [2.45, 2.75) is 26.3 Å². The lowest BCUT2D eigenvalue weighted by Crippen LogP contribution is -2.23. The third-order valence-electron chi connectivity index (χ3n) is 3.05. The number of nitrogens with zero attached hydrogens (tertiary/aromatic N) is 5. The maximum atomic E-state index is 12.2. The van der Waals surface area contributed by atoms with Gasteiger partial charge in [-0.05, 0) is 32.9 Å². The van der Waals surface area contributed by atoms with E-state index in [1.54, 1.807) is 21.6 Å². The molecule has 0 bridgehead atoms. The molecule has 7 nitrogen and oxygen atoms in total. The number of hydrogen-bond donors (Lipinski definition) is 1. The number of carbonyl (C=O) groups excluding carboxylic acids is 1. The predicted octanol–water partition coefficient (Wildman–Crippen LogP) is 1.93. The first-order chi connectivity index (χ1) is 9.95. The van der Waals surface area contributed by atoms with Gasteiger partial charge in [-0.2, -0.15) is 0 Å². The number of aromatic nitrogens is 5. The molecule has 0 aromatic carbocycles. The first kappa shape index (κ1) is 13.3. The lowest BCUT2D eigenvalue weighted by Gasteiger charge is -2.17. The molecule has 0 saturated heterocycles. The Morgan fingerprint density at radius 2 is 2.05 bits per heavy atom. The molecule has 1 amide bonds. The highest BCUT2D eigenvalue weighted by atomic mass is 16.2. The van der Waals surface area contributed by atoms with E-state index < -0.39 is 0 Å². The average Bonchev–Trinajstić information content (AvgIpc) is 3.05. The monoisotopic (exact) mass is 284 g/mol. The second kappa shape index (κ2) is 4.69. The van der Waals surface area contributed by atoms with E-state index >= 15 is 0 Å². The van der Waals surface area contributed by atoms with Crippen LogP contribution < -0.4 is 5.32 Å². The Kier molecular flexibility index (Phi) is 2.97. The summed E-state index contributed by atoms with van der Waals surface area (Å²) in [6, 6.07) is 5.70. The SMILES string of the molecule is CC(C)(C)n1cnc(C(=O)Nc2ncc3ccccn23)n1. The van der Waals surface area contributed by atoms with Crippen molar-refractivity contribution in [3.63, 3.8) is 0 Å². The summed E-state index contributed by atoms with van der Waals surface area (Å²) in [6.45, 7) is 5.97. The highest BCUT2D eigenvalue weighted by Gasteiger charge is 2.19. The zero-order valence-electron chi connectivity index (χ0n) is 12.1. The van der Waals surface area contributed by atoms with Crippen LogP contribution in [0.1, 0.15) is 31.4 Å². The standard InChI is InChI=1S/C14H16N6O/c1-14(2,3)20-9-16-11(18-20)12(21)17-13-15-8-10-6-4-5-7-19(10)13/h4-9H,1-3H3,(H,15,17,21). The van der Waals surface area contributed by atoms with Gasteiger partial charge in [-0.15, -0.1) is 5.10 Å². The molecule has 3 aromatic heterocycles. The van der Waals surface area contributed by atoms with Crippen molar-refractivity contribution in [1.29, 1.82) is 0 Å². The number of carbonyl (C=O) groups is 1. The Hall–Kier alpha value is -2.70. The Bertz CT molecular complexity index is 795. The van der Waals surface area contributed by atoms with Crippen LogP contribution in [0.5, 0.6) is 0 Å². The smallest absolute Gasteiger partial charge is 0.289 e. The molecular formula is C14H16N6O. The summed E-state index contributed by atoms with van der Waals surface area (Å²) in [5, 5.41) is 6.92. The van der Waals surface area contributed by atoms with Crippen LogP contribution in [-0.2, 0) is 5.54 Å². The van der Waals surface area contributed by atoms with Crippen LogP contribution in [0.4, 0.5) is 5.95 Å². The quantitative estimate of drug-likeness (QED) is 0.780. The molecule has 0 aliphatic rings. The number of hydrogen-bond acceptors (Lipinski definition) is 4. The van der Waals surface area contributed by atoms with E-state index in [4.69, 9.17) is 0 Å². The third kappa shape index (κ3) is 2.49. The normalized spacial score (nSPS) is 11.8.